The minimum Gasteiger partial charge on any atom is -0.355 e. The second-order valence-corrected chi connectivity index (χ2v) is 8.71. The predicted octanol–water partition coefficient (Wildman–Crippen LogP) is 2.85. The molecule has 2 aromatic rings. The molecule has 2 heterocycles. The molecule has 1 aromatic carbocycles. The molecule has 0 radical (unpaired) electrons. The van der Waals surface area contributed by atoms with Gasteiger partial charge in [-0.3, -0.25) is 0 Å². The molecule has 0 amide bonds. The van der Waals surface area contributed by atoms with Crippen molar-refractivity contribution in [3.05, 3.63) is 35.9 Å². The van der Waals surface area contributed by atoms with Gasteiger partial charge in [-0.15, -0.1) is 10.2 Å². The summed E-state index contributed by atoms with van der Waals surface area (Å²) in [4.78, 5) is 2.57. The number of anilines is 1. The lowest BCUT2D eigenvalue weighted by Crippen LogP contribution is -2.34. The van der Waals surface area contributed by atoms with Crippen molar-refractivity contribution in [2.45, 2.75) is 38.0 Å². The molecule has 140 valence electrons. The minimum atomic E-state index is -3.51. The van der Waals surface area contributed by atoms with Crippen molar-refractivity contribution in [1.29, 1.82) is 0 Å². The summed E-state index contributed by atoms with van der Waals surface area (Å²) in [5.74, 6) is 1.55. The summed E-state index contributed by atoms with van der Waals surface area (Å²) < 4.78 is 27.0. The fourth-order valence-electron chi connectivity index (χ4n) is 3.41. The molecule has 0 bridgehead atoms. The van der Waals surface area contributed by atoms with Crippen molar-refractivity contribution < 1.29 is 8.42 Å². The zero-order valence-corrected chi connectivity index (χ0v) is 16.4. The van der Waals surface area contributed by atoms with Crippen molar-refractivity contribution in [2.24, 2.45) is 5.92 Å². The van der Waals surface area contributed by atoms with Gasteiger partial charge >= 0.3 is 0 Å². The summed E-state index contributed by atoms with van der Waals surface area (Å²) in [6.07, 6.45) is 3.08. The maximum absolute atomic E-state index is 12.3. The van der Waals surface area contributed by atoms with Crippen molar-refractivity contribution in [1.82, 2.24) is 14.9 Å². The lowest BCUT2D eigenvalue weighted by Gasteiger charge is -2.31. The van der Waals surface area contributed by atoms with E-state index in [0.29, 0.717) is 22.9 Å². The quantitative estimate of drug-likeness (QED) is 0.871. The smallest absolute Gasteiger partial charge is 0.240 e. The number of nitrogens with zero attached hydrogens (tertiary/aromatic N) is 3. The molecular weight excluding hydrogens is 348 g/mol. The zero-order chi connectivity index (χ0) is 18.7. The summed E-state index contributed by atoms with van der Waals surface area (Å²) in [6, 6.07) is 9.32. The maximum atomic E-state index is 12.3. The molecule has 0 aliphatic carbocycles. The average molecular weight is 375 g/mol. The Labute approximate surface area is 155 Å². The standard InChI is InChI=1S/C19H26N4O2S/c1-4-15-7-8-16(12-18(15)26(24,25)20-3)17-9-10-19(22-21-17)23-11-5-6-14(2)13-23/h7-10,12,14,20H,4-6,11,13H2,1-3H3/t14-/m1/s1. The van der Waals surface area contributed by atoms with E-state index in [2.05, 4.69) is 26.7 Å². The van der Waals surface area contributed by atoms with E-state index in [1.54, 1.807) is 6.07 Å². The van der Waals surface area contributed by atoms with Gasteiger partial charge in [-0.05, 0) is 56.0 Å². The maximum Gasteiger partial charge on any atom is 0.240 e. The molecule has 1 aliphatic rings. The Morgan fingerprint density at radius 2 is 2.04 bits per heavy atom. The molecule has 0 spiro atoms. The third-order valence-corrected chi connectivity index (χ3v) is 6.43. The summed E-state index contributed by atoms with van der Waals surface area (Å²) in [5.41, 5.74) is 2.21. The van der Waals surface area contributed by atoms with Crippen molar-refractivity contribution in [2.75, 3.05) is 25.0 Å². The predicted molar refractivity (Wildman–Crippen MR) is 104 cm³/mol. The summed E-state index contributed by atoms with van der Waals surface area (Å²) in [7, 11) is -2.08. The molecule has 1 N–H and O–H groups in total. The Hall–Kier alpha value is -1.99. The number of aryl methyl sites for hydroxylation is 1. The van der Waals surface area contributed by atoms with Crippen LogP contribution >= 0.6 is 0 Å². The van der Waals surface area contributed by atoms with E-state index >= 15 is 0 Å². The van der Waals surface area contributed by atoms with Gasteiger partial charge in [0.15, 0.2) is 5.82 Å². The van der Waals surface area contributed by atoms with E-state index in [-0.39, 0.29) is 0 Å². The van der Waals surface area contributed by atoms with Gasteiger partial charge in [0.25, 0.3) is 0 Å². The van der Waals surface area contributed by atoms with Gasteiger partial charge in [-0.2, -0.15) is 0 Å². The van der Waals surface area contributed by atoms with Gasteiger partial charge in [0.1, 0.15) is 0 Å². The number of hydrogen-bond donors (Lipinski definition) is 1. The van der Waals surface area contributed by atoms with E-state index in [4.69, 9.17) is 0 Å². The first-order chi connectivity index (χ1) is 12.4. The number of hydrogen-bond acceptors (Lipinski definition) is 5. The third-order valence-electron chi connectivity index (χ3n) is 4.93. The first-order valence-electron chi connectivity index (χ1n) is 9.10. The van der Waals surface area contributed by atoms with Gasteiger partial charge in [-0.25, -0.2) is 13.1 Å². The fourth-order valence-corrected chi connectivity index (χ4v) is 4.47. The van der Waals surface area contributed by atoms with Crippen molar-refractivity contribution in [3.8, 4) is 11.3 Å². The normalized spacial score (nSPS) is 18.1. The molecule has 1 aromatic heterocycles. The lowest BCUT2D eigenvalue weighted by molar-refractivity contribution is 0.444. The van der Waals surface area contributed by atoms with E-state index in [9.17, 15) is 8.42 Å². The van der Waals surface area contributed by atoms with Gasteiger partial charge in [0.2, 0.25) is 10.0 Å². The number of aromatic nitrogens is 2. The molecule has 3 rings (SSSR count). The Kier molecular flexibility index (Phi) is 5.58. The molecule has 0 saturated carbocycles. The number of benzene rings is 1. The van der Waals surface area contributed by atoms with Gasteiger partial charge < -0.3 is 4.90 Å². The topological polar surface area (TPSA) is 75.2 Å². The molecule has 1 fully saturated rings. The SMILES string of the molecule is CCc1ccc(-c2ccc(N3CCC[C@@H](C)C3)nn2)cc1S(=O)(=O)NC. The Morgan fingerprint density at radius 1 is 1.23 bits per heavy atom. The molecule has 6 nitrogen and oxygen atoms in total. The van der Waals surface area contributed by atoms with E-state index in [1.165, 1.54) is 19.9 Å². The van der Waals surface area contributed by atoms with Crippen LogP contribution in [-0.4, -0.2) is 38.8 Å². The fraction of sp³-hybridized carbons (Fsp3) is 0.474. The van der Waals surface area contributed by atoms with Crippen LogP contribution in [0.15, 0.2) is 35.2 Å². The highest BCUT2D eigenvalue weighted by atomic mass is 32.2. The van der Waals surface area contributed by atoms with Crippen LogP contribution in [0.5, 0.6) is 0 Å². The monoisotopic (exact) mass is 374 g/mol. The van der Waals surface area contributed by atoms with Crippen molar-refractivity contribution in [3.63, 3.8) is 0 Å². The molecule has 1 aliphatic heterocycles. The Balaban J connectivity index is 1.91. The van der Waals surface area contributed by atoms with E-state index in [0.717, 1.165) is 30.0 Å². The zero-order valence-electron chi connectivity index (χ0n) is 15.6. The molecular formula is C19H26N4O2S. The first-order valence-corrected chi connectivity index (χ1v) is 10.6. The van der Waals surface area contributed by atoms with Crippen LogP contribution in [-0.2, 0) is 16.4 Å². The van der Waals surface area contributed by atoms with Crippen LogP contribution < -0.4 is 9.62 Å². The molecule has 0 unspecified atom stereocenters. The Bertz CT molecular complexity index is 866. The van der Waals surface area contributed by atoms with Crippen LogP contribution in [0.4, 0.5) is 5.82 Å². The van der Waals surface area contributed by atoms with Gasteiger partial charge in [0.05, 0.1) is 10.6 Å². The molecule has 7 heteroatoms. The average Bonchev–Trinajstić information content (AvgIpc) is 2.67. The van der Waals surface area contributed by atoms with Crippen LogP contribution in [0.2, 0.25) is 0 Å². The number of nitrogens with one attached hydrogen (secondary N) is 1. The van der Waals surface area contributed by atoms with Crippen LogP contribution in [0.3, 0.4) is 0 Å². The summed E-state index contributed by atoms with van der Waals surface area (Å²) >= 11 is 0. The van der Waals surface area contributed by atoms with E-state index in [1.807, 2.05) is 31.2 Å². The second-order valence-electron chi connectivity index (χ2n) is 6.85. The number of piperidine rings is 1. The second kappa shape index (κ2) is 7.72. The third kappa shape index (κ3) is 3.88. The van der Waals surface area contributed by atoms with Crippen LogP contribution in [0.1, 0.15) is 32.3 Å². The minimum absolute atomic E-state index is 0.302. The molecule has 26 heavy (non-hydrogen) atoms. The lowest BCUT2D eigenvalue weighted by atomic mass is 10.0. The number of rotatable bonds is 5. The summed E-state index contributed by atoms with van der Waals surface area (Å²) in [5, 5.41) is 8.73. The highest BCUT2D eigenvalue weighted by Crippen LogP contribution is 2.26. The van der Waals surface area contributed by atoms with Crippen LogP contribution in [0.25, 0.3) is 11.3 Å². The van der Waals surface area contributed by atoms with Gasteiger partial charge in [0, 0.05) is 18.7 Å². The highest BCUT2D eigenvalue weighted by molar-refractivity contribution is 7.89. The van der Waals surface area contributed by atoms with Gasteiger partial charge in [-0.1, -0.05) is 26.0 Å². The number of sulfonamides is 1. The van der Waals surface area contributed by atoms with Crippen LogP contribution in [0, 0.1) is 5.92 Å². The largest absolute Gasteiger partial charge is 0.355 e. The van der Waals surface area contributed by atoms with Crippen molar-refractivity contribution >= 4 is 15.8 Å². The highest BCUT2D eigenvalue weighted by Gasteiger charge is 2.19. The first kappa shape index (κ1) is 18.8. The van der Waals surface area contributed by atoms with E-state index < -0.39 is 10.0 Å². The molecule has 1 atom stereocenters. The molecule has 1 saturated heterocycles. The Morgan fingerprint density at radius 3 is 2.65 bits per heavy atom. The summed E-state index contributed by atoms with van der Waals surface area (Å²) in [6.45, 7) is 6.21.